The lowest BCUT2D eigenvalue weighted by atomic mass is 10.1. The number of likely N-dealkylation sites (N-methyl/N-ethyl adjacent to an activating group) is 1. The van der Waals surface area contributed by atoms with Crippen LogP contribution in [0, 0.1) is 0 Å². The Morgan fingerprint density at radius 1 is 1.03 bits per heavy atom. The Balaban J connectivity index is 1.89. The lowest BCUT2D eigenvalue weighted by molar-refractivity contribution is -0.130. The van der Waals surface area contributed by atoms with Crippen LogP contribution < -0.4 is 4.74 Å². The average Bonchev–Trinajstić information content (AvgIpc) is 3.22. The highest BCUT2D eigenvalue weighted by Gasteiger charge is 2.28. The molecule has 0 saturated carbocycles. The summed E-state index contributed by atoms with van der Waals surface area (Å²) in [6.07, 6.45) is 0. The van der Waals surface area contributed by atoms with Gasteiger partial charge in [-0.3, -0.25) is 4.79 Å². The summed E-state index contributed by atoms with van der Waals surface area (Å²) in [6, 6.07) is 17.2. The smallest absolute Gasteiger partial charge is 0.277 e. The molecule has 0 radical (unpaired) electrons. The molecule has 3 aromatic rings. The summed E-state index contributed by atoms with van der Waals surface area (Å²) in [4.78, 5) is 14.9. The fourth-order valence-electron chi connectivity index (χ4n) is 2.98. The summed E-state index contributed by atoms with van der Waals surface area (Å²) in [6.45, 7) is 7.72. The van der Waals surface area contributed by atoms with E-state index in [1.807, 2.05) is 80.3 Å². The minimum absolute atomic E-state index is 0.0284. The Morgan fingerprint density at radius 3 is 2.41 bits per heavy atom. The number of thioether (sulfide) groups is 1. The largest absolute Gasteiger partial charge is 0.493 e. The number of hydrogen-bond donors (Lipinski definition) is 0. The maximum absolute atomic E-state index is 13.1. The number of para-hydroxylation sites is 1. The molecular weight excluding hydrogens is 386 g/mol. The van der Waals surface area contributed by atoms with E-state index in [4.69, 9.17) is 9.15 Å². The van der Waals surface area contributed by atoms with Crippen LogP contribution in [0.15, 0.2) is 64.2 Å². The summed E-state index contributed by atoms with van der Waals surface area (Å²) in [5, 5.41) is 8.25. The van der Waals surface area contributed by atoms with E-state index in [-0.39, 0.29) is 5.91 Å². The van der Waals surface area contributed by atoms with E-state index in [1.165, 1.54) is 11.8 Å². The normalized spacial score (nSPS) is 11.8. The molecule has 1 heterocycles. The molecule has 1 unspecified atom stereocenters. The van der Waals surface area contributed by atoms with Crippen molar-refractivity contribution in [3.8, 4) is 17.2 Å². The molecule has 0 bridgehead atoms. The first-order valence-corrected chi connectivity index (χ1v) is 10.6. The van der Waals surface area contributed by atoms with Gasteiger partial charge >= 0.3 is 0 Å². The van der Waals surface area contributed by atoms with Crippen LogP contribution in [0.5, 0.6) is 5.75 Å². The summed E-state index contributed by atoms with van der Waals surface area (Å²) in [7, 11) is 0. The minimum Gasteiger partial charge on any atom is -0.493 e. The molecule has 0 saturated heterocycles. The van der Waals surface area contributed by atoms with E-state index in [9.17, 15) is 4.79 Å². The number of amides is 1. The average molecular weight is 412 g/mol. The second kappa shape index (κ2) is 10.1. The quantitative estimate of drug-likeness (QED) is 0.470. The molecule has 0 aliphatic heterocycles. The number of nitrogens with zero attached hydrogens (tertiary/aromatic N) is 3. The van der Waals surface area contributed by atoms with Crippen molar-refractivity contribution in [1.29, 1.82) is 0 Å². The van der Waals surface area contributed by atoms with Crippen LogP contribution in [0.2, 0.25) is 0 Å². The first-order valence-electron chi connectivity index (χ1n) is 9.73. The van der Waals surface area contributed by atoms with Crippen LogP contribution in [0.25, 0.3) is 11.5 Å². The van der Waals surface area contributed by atoms with Gasteiger partial charge in [0.1, 0.15) is 11.0 Å². The number of hydrogen-bond acceptors (Lipinski definition) is 6. The highest BCUT2D eigenvalue weighted by atomic mass is 32.2. The summed E-state index contributed by atoms with van der Waals surface area (Å²) >= 11 is 1.27. The third-order valence-corrected chi connectivity index (χ3v) is 5.52. The molecule has 0 aliphatic rings. The SMILES string of the molecule is CCOc1ccccc1-c1nnc(SC(C(=O)N(CC)CC)c2ccccc2)o1. The Labute approximate surface area is 175 Å². The molecule has 1 amide bonds. The molecule has 0 N–H and O–H groups in total. The van der Waals surface area contributed by atoms with E-state index in [0.29, 0.717) is 36.6 Å². The van der Waals surface area contributed by atoms with Crippen LogP contribution in [0.3, 0.4) is 0 Å². The monoisotopic (exact) mass is 411 g/mol. The van der Waals surface area contributed by atoms with Gasteiger partial charge in [-0.2, -0.15) is 0 Å². The lowest BCUT2D eigenvalue weighted by Gasteiger charge is -2.24. The van der Waals surface area contributed by atoms with Crippen LogP contribution in [-0.4, -0.2) is 40.7 Å². The molecule has 152 valence electrons. The predicted molar refractivity (Wildman–Crippen MR) is 114 cm³/mol. The molecule has 1 aromatic heterocycles. The summed E-state index contributed by atoms with van der Waals surface area (Å²) in [5.41, 5.74) is 1.64. The molecule has 1 atom stereocenters. The topological polar surface area (TPSA) is 68.5 Å². The maximum Gasteiger partial charge on any atom is 0.277 e. The van der Waals surface area contributed by atoms with Gasteiger partial charge in [-0.15, -0.1) is 10.2 Å². The van der Waals surface area contributed by atoms with E-state index in [0.717, 1.165) is 11.1 Å². The molecule has 0 aliphatic carbocycles. The van der Waals surface area contributed by atoms with Gasteiger partial charge in [0.15, 0.2) is 0 Å². The molecule has 2 aromatic carbocycles. The number of benzene rings is 2. The zero-order chi connectivity index (χ0) is 20.6. The maximum atomic E-state index is 13.1. The third-order valence-electron chi connectivity index (χ3n) is 4.44. The van der Waals surface area contributed by atoms with Crippen molar-refractivity contribution in [3.63, 3.8) is 0 Å². The number of aromatic nitrogens is 2. The van der Waals surface area contributed by atoms with Gasteiger partial charge in [0, 0.05) is 13.1 Å². The van der Waals surface area contributed by atoms with Gasteiger partial charge in [0.05, 0.1) is 12.2 Å². The van der Waals surface area contributed by atoms with Crippen LogP contribution >= 0.6 is 11.8 Å². The van der Waals surface area contributed by atoms with Crippen LogP contribution in [0.1, 0.15) is 31.6 Å². The second-order valence-corrected chi connectivity index (χ2v) is 7.28. The fraction of sp³-hybridized carbons (Fsp3) is 0.318. The first-order chi connectivity index (χ1) is 14.2. The van der Waals surface area contributed by atoms with Crippen molar-refractivity contribution in [3.05, 3.63) is 60.2 Å². The molecule has 0 fully saturated rings. The van der Waals surface area contributed by atoms with Crippen molar-refractivity contribution in [1.82, 2.24) is 15.1 Å². The lowest BCUT2D eigenvalue weighted by Crippen LogP contribution is -2.33. The Morgan fingerprint density at radius 2 is 1.72 bits per heavy atom. The summed E-state index contributed by atoms with van der Waals surface area (Å²) in [5.74, 6) is 1.09. The molecule has 29 heavy (non-hydrogen) atoms. The fourth-order valence-corrected chi connectivity index (χ4v) is 3.94. The van der Waals surface area contributed by atoms with Gasteiger partial charge in [-0.25, -0.2) is 0 Å². The van der Waals surface area contributed by atoms with E-state index < -0.39 is 5.25 Å². The third kappa shape index (κ3) is 4.98. The predicted octanol–water partition coefficient (Wildman–Crippen LogP) is 4.84. The van der Waals surface area contributed by atoms with Gasteiger partial charge < -0.3 is 14.1 Å². The van der Waals surface area contributed by atoms with Crippen molar-refractivity contribution in [2.45, 2.75) is 31.2 Å². The number of carbonyl (C=O) groups is 1. The second-order valence-electron chi connectivity index (χ2n) is 6.22. The van der Waals surface area contributed by atoms with Crippen molar-refractivity contribution in [2.75, 3.05) is 19.7 Å². The minimum atomic E-state index is -0.452. The van der Waals surface area contributed by atoms with E-state index >= 15 is 0 Å². The van der Waals surface area contributed by atoms with E-state index in [1.54, 1.807) is 0 Å². The summed E-state index contributed by atoms with van der Waals surface area (Å²) < 4.78 is 11.6. The highest BCUT2D eigenvalue weighted by molar-refractivity contribution is 8.00. The Bertz CT molecular complexity index is 926. The molecule has 6 nitrogen and oxygen atoms in total. The standard InChI is InChI=1S/C22H25N3O3S/c1-4-25(5-2)21(26)19(16-12-8-7-9-13-16)29-22-24-23-20(28-22)17-14-10-11-15-18(17)27-6-3/h7-15,19H,4-6H2,1-3H3. The van der Waals surface area contributed by atoms with E-state index in [2.05, 4.69) is 10.2 Å². The zero-order valence-corrected chi connectivity index (χ0v) is 17.7. The Kier molecular flexibility index (Phi) is 7.30. The molecule has 7 heteroatoms. The molecule has 0 spiro atoms. The molecular formula is C22H25N3O3S. The van der Waals surface area contributed by atoms with Crippen LogP contribution in [0.4, 0.5) is 0 Å². The molecule has 3 rings (SSSR count). The van der Waals surface area contributed by atoms with Crippen LogP contribution in [-0.2, 0) is 4.79 Å². The highest BCUT2D eigenvalue weighted by Crippen LogP contribution is 2.38. The Hall–Kier alpha value is -2.80. The van der Waals surface area contributed by atoms with Gasteiger partial charge in [-0.1, -0.05) is 42.5 Å². The van der Waals surface area contributed by atoms with Gasteiger partial charge in [-0.05, 0) is 50.2 Å². The number of rotatable bonds is 9. The van der Waals surface area contributed by atoms with Crippen molar-refractivity contribution in [2.24, 2.45) is 0 Å². The van der Waals surface area contributed by atoms with Gasteiger partial charge in [0.25, 0.3) is 11.1 Å². The zero-order valence-electron chi connectivity index (χ0n) is 16.9. The van der Waals surface area contributed by atoms with Gasteiger partial charge in [0.2, 0.25) is 5.91 Å². The van der Waals surface area contributed by atoms with Crippen molar-refractivity contribution < 1.29 is 13.9 Å². The number of carbonyl (C=O) groups excluding carboxylic acids is 1. The number of ether oxygens (including phenoxy) is 1. The van der Waals surface area contributed by atoms with Crippen molar-refractivity contribution >= 4 is 17.7 Å². The first kappa shape index (κ1) is 20.9.